The Morgan fingerprint density at radius 2 is 2.07 bits per heavy atom. The van der Waals surface area contributed by atoms with Crippen molar-refractivity contribution in [2.75, 3.05) is 11.9 Å². The fourth-order valence-corrected chi connectivity index (χ4v) is 2.73. The molecule has 29 heavy (non-hydrogen) atoms. The van der Waals surface area contributed by atoms with Crippen molar-refractivity contribution in [2.24, 2.45) is 0 Å². The average molecular weight is 410 g/mol. The highest BCUT2D eigenvalue weighted by molar-refractivity contribution is 6.06. The summed E-state index contributed by atoms with van der Waals surface area (Å²) in [5.74, 6) is -0.747. The second kappa shape index (κ2) is 8.06. The Morgan fingerprint density at radius 1 is 1.31 bits per heavy atom. The molecule has 2 heterocycles. The summed E-state index contributed by atoms with van der Waals surface area (Å²) in [6.45, 7) is 1.79. The van der Waals surface area contributed by atoms with Crippen molar-refractivity contribution < 1.29 is 27.1 Å². The second-order valence-corrected chi connectivity index (χ2v) is 6.35. The number of amides is 1. The lowest BCUT2D eigenvalue weighted by molar-refractivity contribution is -0.141. The van der Waals surface area contributed by atoms with E-state index in [1.807, 2.05) is 0 Å². The lowest BCUT2D eigenvalue weighted by atomic mass is 10.2. The van der Waals surface area contributed by atoms with Gasteiger partial charge in [0.1, 0.15) is 17.1 Å². The standard InChI is InChI=1S/C19H18F4N4O2/c1-3-5-17(20)29-15-9-13-11(10-24-26-13)8-14(15)27(2)18(28)12-6-4-7-16(25-12)19(21,22)23/h4,6-10,17H,3,5H2,1-2H3,(H,24,26). The molecule has 1 aromatic carbocycles. The molecule has 0 bridgehead atoms. The molecule has 0 saturated heterocycles. The van der Waals surface area contributed by atoms with Crippen molar-refractivity contribution in [3.05, 3.63) is 47.9 Å². The molecule has 1 atom stereocenters. The number of H-pyrrole nitrogens is 1. The van der Waals surface area contributed by atoms with Crippen LogP contribution in [-0.4, -0.2) is 34.5 Å². The molecule has 0 aliphatic heterocycles. The first-order chi connectivity index (χ1) is 13.7. The Hall–Kier alpha value is -3.17. The SMILES string of the molecule is CCCC(F)Oc1cc2n[nH]cc2cc1N(C)C(=O)c1cccc(C(F)(F)F)n1. The fourth-order valence-electron chi connectivity index (χ4n) is 2.73. The maximum absolute atomic E-state index is 14.1. The highest BCUT2D eigenvalue weighted by atomic mass is 19.4. The van der Waals surface area contributed by atoms with E-state index in [0.29, 0.717) is 17.3 Å². The predicted molar refractivity (Wildman–Crippen MR) is 98.5 cm³/mol. The number of fused-ring (bicyclic) bond motifs is 1. The number of hydrogen-bond donors (Lipinski definition) is 1. The summed E-state index contributed by atoms with van der Waals surface area (Å²) < 4.78 is 58.2. The highest BCUT2D eigenvalue weighted by Gasteiger charge is 2.33. The third-order valence-electron chi connectivity index (χ3n) is 4.21. The minimum absolute atomic E-state index is 0.0494. The monoisotopic (exact) mass is 410 g/mol. The Kier molecular flexibility index (Phi) is 5.71. The summed E-state index contributed by atoms with van der Waals surface area (Å²) in [7, 11) is 1.35. The van der Waals surface area contributed by atoms with Crippen LogP contribution in [0.25, 0.3) is 10.9 Å². The van der Waals surface area contributed by atoms with Gasteiger partial charge in [-0.05, 0) is 24.6 Å². The number of nitrogens with zero attached hydrogens (tertiary/aromatic N) is 3. The molecule has 3 rings (SSSR count). The third-order valence-corrected chi connectivity index (χ3v) is 4.21. The molecule has 2 aromatic heterocycles. The van der Waals surface area contributed by atoms with E-state index in [4.69, 9.17) is 4.74 Å². The van der Waals surface area contributed by atoms with Crippen molar-refractivity contribution in [2.45, 2.75) is 32.3 Å². The molecular formula is C19H18F4N4O2. The van der Waals surface area contributed by atoms with Crippen LogP contribution in [0, 0.1) is 0 Å². The van der Waals surface area contributed by atoms with Crippen LogP contribution in [0.3, 0.4) is 0 Å². The molecular weight excluding hydrogens is 392 g/mol. The zero-order chi connectivity index (χ0) is 21.2. The first-order valence-electron chi connectivity index (χ1n) is 8.81. The number of carbonyl (C=O) groups is 1. The predicted octanol–water partition coefficient (Wildman–Crippen LogP) is 4.73. The number of rotatable bonds is 6. The number of aromatic nitrogens is 3. The van der Waals surface area contributed by atoms with E-state index >= 15 is 0 Å². The maximum Gasteiger partial charge on any atom is 0.433 e. The van der Waals surface area contributed by atoms with Crippen molar-refractivity contribution >= 4 is 22.5 Å². The smallest absolute Gasteiger partial charge is 0.433 e. The van der Waals surface area contributed by atoms with E-state index in [2.05, 4.69) is 15.2 Å². The summed E-state index contributed by atoms with van der Waals surface area (Å²) in [5.41, 5.74) is -0.899. The average Bonchev–Trinajstić information content (AvgIpc) is 3.13. The first-order valence-corrected chi connectivity index (χ1v) is 8.81. The van der Waals surface area contributed by atoms with Gasteiger partial charge in [-0.15, -0.1) is 0 Å². The molecule has 6 nitrogen and oxygen atoms in total. The molecule has 0 radical (unpaired) electrons. The van der Waals surface area contributed by atoms with Crippen LogP contribution >= 0.6 is 0 Å². The van der Waals surface area contributed by atoms with Gasteiger partial charge in [0.25, 0.3) is 5.91 Å². The molecule has 0 fully saturated rings. The van der Waals surface area contributed by atoms with E-state index in [0.717, 1.165) is 17.0 Å². The Morgan fingerprint density at radius 3 is 2.76 bits per heavy atom. The van der Waals surface area contributed by atoms with Gasteiger partial charge >= 0.3 is 6.18 Å². The van der Waals surface area contributed by atoms with E-state index in [1.165, 1.54) is 19.2 Å². The van der Waals surface area contributed by atoms with Gasteiger partial charge in [-0.3, -0.25) is 9.89 Å². The van der Waals surface area contributed by atoms with Gasteiger partial charge in [-0.1, -0.05) is 13.0 Å². The van der Waals surface area contributed by atoms with Crippen LogP contribution < -0.4 is 9.64 Å². The highest BCUT2D eigenvalue weighted by Crippen LogP contribution is 2.34. The Balaban J connectivity index is 1.99. The quantitative estimate of drug-likeness (QED) is 0.597. The van der Waals surface area contributed by atoms with E-state index < -0.39 is 29.8 Å². The van der Waals surface area contributed by atoms with Crippen LogP contribution in [0.4, 0.5) is 23.2 Å². The minimum atomic E-state index is -4.68. The third kappa shape index (κ3) is 4.47. The van der Waals surface area contributed by atoms with Crippen LogP contribution in [-0.2, 0) is 6.18 Å². The number of anilines is 1. The van der Waals surface area contributed by atoms with Crippen LogP contribution in [0.15, 0.2) is 36.5 Å². The number of pyridine rings is 1. The summed E-state index contributed by atoms with van der Waals surface area (Å²) in [4.78, 5) is 17.3. The van der Waals surface area contributed by atoms with Gasteiger partial charge in [-0.25, -0.2) is 9.37 Å². The number of aromatic amines is 1. The number of ether oxygens (including phenoxy) is 1. The topological polar surface area (TPSA) is 71.1 Å². The molecule has 10 heteroatoms. The van der Waals surface area contributed by atoms with Crippen molar-refractivity contribution in [3.8, 4) is 5.75 Å². The van der Waals surface area contributed by atoms with Gasteiger partial charge < -0.3 is 9.64 Å². The number of alkyl halides is 4. The summed E-state index contributed by atoms with van der Waals surface area (Å²) in [6.07, 6.45) is -4.03. The number of hydrogen-bond acceptors (Lipinski definition) is 4. The van der Waals surface area contributed by atoms with E-state index in [9.17, 15) is 22.4 Å². The molecule has 0 spiro atoms. The number of nitrogens with one attached hydrogen (secondary N) is 1. The van der Waals surface area contributed by atoms with Gasteiger partial charge in [0.15, 0.2) is 0 Å². The van der Waals surface area contributed by atoms with E-state index in [-0.39, 0.29) is 17.9 Å². The van der Waals surface area contributed by atoms with E-state index in [1.54, 1.807) is 19.2 Å². The van der Waals surface area contributed by atoms with Gasteiger partial charge in [0, 0.05) is 31.1 Å². The summed E-state index contributed by atoms with van der Waals surface area (Å²) in [5, 5.41) is 7.28. The van der Waals surface area contributed by atoms with Crippen LogP contribution in [0.1, 0.15) is 35.9 Å². The van der Waals surface area contributed by atoms with Crippen molar-refractivity contribution in [1.82, 2.24) is 15.2 Å². The van der Waals surface area contributed by atoms with Gasteiger partial charge in [-0.2, -0.15) is 18.3 Å². The Bertz CT molecular complexity index is 1020. The molecule has 3 aromatic rings. The fraction of sp³-hybridized carbons (Fsp3) is 0.316. The number of carbonyl (C=O) groups excluding carboxylic acids is 1. The lowest BCUT2D eigenvalue weighted by Crippen LogP contribution is -2.28. The summed E-state index contributed by atoms with van der Waals surface area (Å²) >= 11 is 0. The largest absolute Gasteiger partial charge is 0.458 e. The first kappa shape index (κ1) is 20.6. The number of benzene rings is 1. The summed E-state index contributed by atoms with van der Waals surface area (Å²) in [6, 6.07) is 6.07. The van der Waals surface area contributed by atoms with Crippen molar-refractivity contribution in [3.63, 3.8) is 0 Å². The second-order valence-electron chi connectivity index (χ2n) is 6.35. The Labute approximate surface area is 163 Å². The van der Waals surface area contributed by atoms with Crippen molar-refractivity contribution in [1.29, 1.82) is 0 Å². The molecule has 1 unspecified atom stereocenters. The van der Waals surface area contributed by atoms with Crippen LogP contribution in [0.2, 0.25) is 0 Å². The number of halogens is 4. The zero-order valence-corrected chi connectivity index (χ0v) is 15.6. The molecule has 1 amide bonds. The minimum Gasteiger partial charge on any atom is -0.458 e. The van der Waals surface area contributed by atoms with Crippen LogP contribution in [0.5, 0.6) is 5.75 Å². The normalized spacial score (nSPS) is 12.8. The molecule has 0 saturated carbocycles. The molecule has 0 aliphatic carbocycles. The van der Waals surface area contributed by atoms with Gasteiger partial charge in [0.05, 0.1) is 11.2 Å². The van der Waals surface area contributed by atoms with Gasteiger partial charge in [0.2, 0.25) is 6.36 Å². The molecule has 1 N–H and O–H groups in total. The lowest BCUT2D eigenvalue weighted by Gasteiger charge is -2.22. The molecule has 0 aliphatic rings. The molecule has 154 valence electrons. The zero-order valence-electron chi connectivity index (χ0n) is 15.6. The maximum atomic E-state index is 14.1.